The fraction of sp³-hybridized carbons (Fsp3) is 0.286. The molecule has 1 heterocycles. The number of carbonyl (C=O) groups is 2. The Labute approximate surface area is 200 Å². The van der Waals surface area contributed by atoms with Crippen LogP contribution in [0.3, 0.4) is 0 Å². The maximum absolute atomic E-state index is 12.7. The molecule has 176 valence electrons. The fourth-order valence-corrected chi connectivity index (χ4v) is 3.86. The Morgan fingerprint density at radius 3 is 2.18 bits per heavy atom. The van der Waals surface area contributed by atoms with Crippen LogP contribution in [0, 0.1) is 5.92 Å². The van der Waals surface area contributed by atoms with Gasteiger partial charge in [0.15, 0.2) is 0 Å². The summed E-state index contributed by atoms with van der Waals surface area (Å²) in [5.41, 5.74) is 1.76. The molecule has 3 aromatic carbocycles. The summed E-state index contributed by atoms with van der Waals surface area (Å²) in [6.45, 7) is 4.60. The van der Waals surface area contributed by atoms with Crippen molar-refractivity contribution >= 4 is 17.5 Å². The predicted molar refractivity (Wildman–Crippen MR) is 133 cm³/mol. The van der Waals surface area contributed by atoms with Gasteiger partial charge in [0, 0.05) is 29.9 Å². The monoisotopic (exact) mass is 458 g/mol. The number of para-hydroxylation sites is 1. The molecule has 0 spiro atoms. The maximum Gasteiger partial charge on any atom is 0.255 e. The number of carbonyl (C=O) groups excluding carboxylic acids is 2. The van der Waals surface area contributed by atoms with Crippen LogP contribution in [-0.2, 0) is 0 Å². The normalized spacial score (nSPS) is 13.9. The summed E-state index contributed by atoms with van der Waals surface area (Å²) >= 11 is 0. The van der Waals surface area contributed by atoms with Crippen LogP contribution in [0.4, 0.5) is 5.69 Å². The number of nitrogens with one attached hydrogen (secondary N) is 1. The fourth-order valence-electron chi connectivity index (χ4n) is 3.86. The predicted octanol–water partition coefficient (Wildman–Crippen LogP) is 5.27. The minimum absolute atomic E-state index is 0.0471. The first-order chi connectivity index (χ1) is 16.6. The van der Waals surface area contributed by atoms with Gasteiger partial charge in [-0.05, 0) is 73.4 Å². The lowest BCUT2D eigenvalue weighted by Crippen LogP contribution is -2.37. The van der Waals surface area contributed by atoms with Gasteiger partial charge in [-0.1, -0.05) is 31.2 Å². The van der Waals surface area contributed by atoms with E-state index < -0.39 is 0 Å². The third kappa shape index (κ3) is 6.38. The van der Waals surface area contributed by atoms with E-state index >= 15 is 0 Å². The molecule has 4 rings (SSSR count). The Bertz CT molecular complexity index is 1090. The molecule has 1 saturated heterocycles. The summed E-state index contributed by atoms with van der Waals surface area (Å²) < 4.78 is 11.4. The summed E-state index contributed by atoms with van der Waals surface area (Å²) in [6.07, 6.45) is 2.09. The first-order valence-corrected chi connectivity index (χ1v) is 11.7. The van der Waals surface area contributed by atoms with Crippen LogP contribution in [0.25, 0.3) is 0 Å². The van der Waals surface area contributed by atoms with Crippen molar-refractivity contribution in [2.24, 2.45) is 5.92 Å². The molecule has 0 bridgehead atoms. The van der Waals surface area contributed by atoms with Gasteiger partial charge in [-0.15, -0.1) is 0 Å². The molecule has 6 heteroatoms. The average molecular weight is 459 g/mol. The number of benzene rings is 3. The van der Waals surface area contributed by atoms with Crippen LogP contribution >= 0.6 is 0 Å². The van der Waals surface area contributed by atoms with E-state index in [1.807, 2.05) is 35.2 Å². The lowest BCUT2D eigenvalue weighted by molar-refractivity contribution is 0.0697. The topological polar surface area (TPSA) is 67.9 Å². The molecule has 1 fully saturated rings. The number of anilines is 1. The summed E-state index contributed by atoms with van der Waals surface area (Å²) in [6, 6.07) is 23.6. The largest absolute Gasteiger partial charge is 0.490 e. The van der Waals surface area contributed by atoms with Crippen molar-refractivity contribution in [3.05, 3.63) is 90.0 Å². The van der Waals surface area contributed by atoms with E-state index in [9.17, 15) is 9.59 Å². The molecule has 1 aliphatic rings. The molecular formula is C28H30N2O4. The molecule has 0 unspecified atom stereocenters. The van der Waals surface area contributed by atoms with Gasteiger partial charge in [-0.2, -0.15) is 0 Å². The van der Waals surface area contributed by atoms with Crippen molar-refractivity contribution in [3.8, 4) is 11.5 Å². The van der Waals surface area contributed by atoms with E-state index in [-0.39, 0.29) is 11.8 Å². The Hall–Kier alpha value is -3.80. The SMILES string of the molecule is CC1CCN(C(=O)c2ccc(NC(=O)c3cccc(OCCOc4ccccc4)c3)cc2)CC1. The van der Waals surface area contributed by atoms with Crippen molar-refractivity contribution in [3.63, 3.8) is 0 Å². The number of hydrogen-bond acceptors (Lipinski definition) is 4. The maximum atomic E-state index is 12.7. The van der Waals surface area contributed by atoms with Gasteiger partial charge >= 0.3 is 0 Å². The molecule has 0 aliphatic carbocycles. The van der Waals surface area contributed by atoms with Crippen molar-refractivity contribution in [1.82, 2.24) is 4.90 Å². The van der Waals surface area contributed by atoms with Gasteiger partial charge in [0.25, 0.3) is 11.8 Å². The van der Waals surface area contributed by atoms with Crippen LogP contribution < -0.4 is 14.8 Å². The number of rotatable bonds is 8. The lowest BCUT2D eigenvalue weighted by Gasteiger charge is -2.30. The molecule has 1 N–H and O–H groups in total. The second kappa shape index (κ2) is 11.4. The van der Waals surface area contributed by atoms with Crippen LogP contribution in [0.2, 0.25) is 0 Å². The second-order valence-corrected chi connectivity index (χ2v) is 8.54. The van der Waals surface area contributed by atoms with Crippen LogP contribution in [-0.4, -0.2) is 43.0 Å². The highest BCUT2D eigenvalue weighted by molar-refractivity contribution is 6.04. The zero-order chi connectivity index (χ0) is 23.8. The molecule has 34 heavy (non-hydrogen) atoms. The Morgan fingerprint density at radius 1 is 0.824 bits per heavy atom. The summed E-state index contributed by atoms with van der Waals surface area (Å²) in [5, 5.41) is 2.88. The third-order valence-corrected chi connectivity index (χ3v) is 5.92. The molecule has 0 radical (unpaired) electrons. The minimum Gasteiger partial charge on any atom is -0.490 e. The number of hydrogen-bond donors (Lipinski definition) is 1. The number of amides is 2. The molecule has 0 saturated carbocycles. The van der Waals surface area contributed by atoms with Crippen LogP contribution in [0.15, 0.2) is 78.9 Å². The lowest BCUT2D eigenvalue weighted by atomic mass is 9.98. The molecule has 2 amide bonds. The summed E-state index contributed by atoms with van der Waals surface area (Å²) in [4.78, 5) is 27.3. The van der Waals surface area contributed by atoms with Crippen molar-refractivity contribution in [1.29, 1.82) is 0 Å². The highest BCUT2D eigenvalue weighted by Gasteiger charge is 2.21. The first kappa shape index (κ1) is 23.4. The minimum atomic E-state index is -0.241. The van der Waals surface area contributed by atoms with Gasteiger partial charge in [-0.25, -0.2) is 0 Å². The zero-order valence-electron chi connectivity index (χ0n) is 19.4. The molecule has 0 atom stereocenters. The van der Waals surface area contributed by atoms with Gasteiger partial charge in [-0.3, -0.25) is 9.59 Å². The second-order valence-electron chi connectivity index (χ2n) is 8.54. The van der Waals surface area contributed by atoms with E-state index in [1.54, 1.807) is 48.5 Å². The molecule has 3 aromatic rings. The van der Waals surface area contributed by atoms with Crippen LogP contribution in [0.1, 0.15) is 40.5 Å². The number of piperidine rings is 1. The van der Waals surface area contributed by atoms with Crippen molar-refractivity contribution < 1.29 is 19.1 Å². The molecular weight excluding hydrogens is 428 g/mol. The van der Waals surface area contributed by atoms with Crippen LogP contribution in [0.5, 0.6) is 11.5 Å². The van der Waals surface area contributed by atoms with E-state index in [2.05, 4.69) is 12.2 Å². The van der Waals surface area contributed by atoms with E-state index in [4.69, 9.17) is 9.47 Å². The highest BCUT2D eigenvalue weighted by Crippen LogP contribution is 2.20. The van der Waals surface area contributed by atoms with Gasteiger partial charge in [0.1, 0.15) is 24.7 Å². The number of ether oxygens (including phenoxy) is 2. The summed E-state index contributed by atoms with van der Waals surface area (Å²) in [7, 11) is 0. The smallest absolute Gasteiger partial charge is 0.255 e. The average Bonchev–Trinajstić information content (AvgIpc) is 2.88. The Kier molecular flexibility index (Phi) is 7.81. The van der Waals surface area contributed by atoms with Gasteiger partial charge in [0.2, 0.25) is 0 Å². The van der Waals surface area contributed by atoms with E-state index in [0.717, 1.165) is 31.7 Å². The van der Waals surface area contributed by atoms with Gasteiger partial charge in [0.05, 0.1) is 0 Å². The number of likely N-dealkylation sites (tertiary alicyclic amines) is 1. The summed E-state index contributed by atoms with van der Waals surface area (Å²) in [5.74, 6) is 1.87. The number of nitrogens with zero attached hydrogens (tertiary/aromatic N) is 1. The Balaban J connectivity index is 1.28. The quantitative estimate of drug-likeness (QED) is 0.467. The third-order valence-electron chi connectivity index (χ3n) is 5.92. The molecule has 1 aliphatic heterocycles. The van der Waals surface area contributed by atoms with Crippen molar-refractivity contribution in [2.45, 2.75) is 19.8 Å². The molecule has 0 aromatic heterocycles. The Morgan fingerprint density at radius 2 is 1.47 bits per heavy atom. The van der Waals surface area contributed by atoms with E-state index in [0.29, 0.717) is 41.7 Å². The van der Waals surface area contributed by atoms with Gasteiger partial charge < -0.3 is 19.7 Å². The molecule has 6 nitrogen and oxygen atoms in total. The zero-order valence-corrected chi connectivity index (χ0v) is 19.4. The first-order valence-electron chi connectivity index (χ1n) is 11.7. The highest BCUT2D eigenvalue weighted by atomic mass is 16.5. The van der Waals surface area contributed by atoms with Crippen molar-refractivity contribution in [2.75, 3.05) is 31.6 Å². The van der Waals surface area contributed by atoms with E-state index in [1.165, 1.54) is 0 Å². The standard InChI is InChI=1S/C28H30N2O4/c1-21-14-16-30(17-15-21)28(32)22-10-12-24(13-11-22)29-27(31)23-6-5-9-26(20-23)34-19-18-33-25-7-3-2-4-8-25/h2-13,20-21H,14-19H2,1H3,(H,29,31).